The molecule has 1 aliphatic heterocycles. The molecule has 24 heavy (non-hydrogen) atoms. The fraction of sp³-hybridized carbons (Fsp3) is 0.316. The van der Waals surface area contributed by atoms with Gasteiger partial charge in [0.15, 0.2) is 0 Å². The lowest BCUT2D eigenvalue weighted by Crippen LogP contribution is -2.45. The van der Waals surface area contributed by atoms with E-state index in [4.69, 9.17) is 9.47 Å². The Labute approximate surface area is 142 Å². The number of benzene rings is 2. The number of ether oxygens (including phenoxy) is 2. The largest absolute Gasteiger partial charge is 0.495 e. The summed E-state index contributed by atoms with van der Waals surface area (Å²) < 4.78 is 10.9. The zero-order valence-corrected chi connectivity index (χ0v) is 13.8. The van der Waals surface area contributed by atoms with Crippen LogP contribution in [0.2, 0.25) is 0 Å². The second-order valence-corrected chi connectivity index (χ2v) is 5.64. The molecule has 0 aliphatic carbocycles. The van der Waals surface area contributed by atoms with Gasteiger partial charge in [0.25, 0.3) is 0 Å². The van der Waals surface area contributed by atoms with E-state index in [1.54, 1.807) is 7.11 Å². The molecule has 1 amide bonds. The Morgan fingerprint density at radius 1 is 1.21 bits per heavy atom. The molecule has 0 saturated carbocycles. The molecule has 1 heterocycles. The van der Waals surface area contributed by atoms with Crippen molar-refractivity contribution in [1.29, 1.82) is 0 Å². The minimum absolute atomic E-state index is 0.0353. The van der Waals surface area contributed by atoms with Crippen molar-refractivity contribution < 1.29 is 14.3 Å². The van der Waals surface area contributed by atoms with E-state index in [-0.39, 0.29) is 18.5 Å². The van der Waals surface area contributed by atoms with Crippen LogP contribution in [-0.4, -0.2) is 44.2 Å². The summed E-state index contributed by atoms with van der Waals surface area (Å²) in [6.07, 6.45) is 0. The van der Waals surface area contributed by atoms with Gasteiger partial charge in [0, 0.05) is 6.54 Å². The molecule has 1 saturated heterocycles. The van der Waals surface area contributed by atoms with Crippen molar-refractivity contribution >= 4 is 11.6 Å². The van der Waals surface area contributed by atoms with Gasteiger partial charge in [-0.25, -0.2) is 0 Å². The number of rotatable bonds is 5. The highest BCUT2D eigenvalue weighted by Gasteiger charge is 2.28. The zero-order valence-electron chi connectivity index (χ0n) is 13.8. The van der Waals surface area contributed by atoms with Gasteiger partial charge in [0.05, 0.1) is 38.6 Å². The highest BCUT2D eigenvalue weighted by molar-refractivity contribution is 5.82. The summed E-state index contributed by atoms with van der Waals surface area (Å²) in [6, 6.07) is 17.6. The molecule has 3 rings (SSSR count). The van der Waals surface area contributed by atoms with E-state index in [2.05, 4.69) is 5.32 Å². The van der Waals surface area contributed by atoms with E-state index >= 15 is 0 Å². The van der Waals surface area contributed by atoms with Gasteiger partial charge in [0.1, 0.15) is 5.75 Å². The van der Waals surface area contributed by atoms with Crippen LogP contribution < -0.4 is 10.1 Å². The van der Waals surface area contributed by atoms with E-state index in [1.165, 1.54) is 0 Å². The van der Waals surface area contributed by atoms with Gasteiger partial charge in [-0.3, -0.25) is 4.79 Å². The number of para-hydroxylation sites is 2. The van der Waals surface area contributed by atoms with E-state index in [0.717, 1.165) is 17.0 Å². The number of carbonyl (C=O) groups is 1. The predicted octanol–water partition coefficient (Wildman–Crippen LogP) is 2.71. The molecule has 0 bridgehead atoms. The molecule has 5 nitrogen and oxygen atoms in total. The van der Waals surface area contributed by atoms with Crippen LogP contribution in [0.5, 0.6) is 5.75 Å². The average Bonchev–Trinajstić information content (AvgIpc) is 2.67. The second-order valence-electron chi connectivity index (χ2n) is 5.64. The number of hydrogen-bond donors (Lipinski definition) is 1. The Morgan fingerprint density at radius 2 is 1.96 bits per heavy atom. The minimum Gasteiger partial charge on any atom is -0.495 e. The number of hydrogen-bond acceptors (Lipinski definition) is 4. The van der Waals surface area contributed by atoms with E-state index in [1.807, 2.05) is 59.5 Å². The molecule has 1 aliphatic rings. The number of nitrogens with one attached hydrogen (secondary N) is 1. The SMILES string of the molecule is COc1ccccc1NCC(=O)N1CCOC[C@@H]1c1ccccc1. The van der Waals surface area contributed by atoms with Crippen molar-refractivity contribution in [3.63, 3.8) is 0 Å². The van der Waals surface area contributed by atoms with Gasteiger partial charge in [-0.2, -0.15) is 0 Å². The van der Waals surface area contributed by atoms with Crippen LogP contribution in [0.1, 0.15) is 11.6 Å². The van der Waals surface area contributed by atoms with Crippen LogP contribution in [0.3, 0.4) is 0 Å². The zero-order chi connectivity index (χ0) is 16.8. The van der Waals surface area contributed by atoms with Crippen molar-refractivity contribution in [3.05, 3.63) is 60.2 Å². The van der Waals surface area contributed by atoms with Gasteiger partial charge in [-0.15, -0.1) is 0 Å². The third-order valence-electron chi connectivity index (χ3n) is 4.17. The second kappa shape index (κ2) is 7.84. The fourth-order valence-electron chi connectivity index (χ4n) is 2.92. The van der Waals surface area contributed by atoms with Crippen LogP contribution >= 0.6 is 0 Å². The molecule has 126 valence electrons. The molecule has 0 spiro atoms. The Balaban J connectivity index is 1.68. The van der Waals surface area contributed by atoms with Crippen LogP contribution in [-0.2, 0) is 9.53 Å². The molecule has 1 fully saturated rings. The number of amides is 1. The molecule has 5 heteroatoms. The maximum Gasteiger partial charge on any atom is 0.242 e. The first-order valence-electron chi connectivity index (χ1n) is 8.08. The molecule has 1 N–H and O–H groups in total. The van der Waals surface area contributed by atoms with Gasteiger partial charge >= 0.3 is 0 Å². The summed E-state index contributed by atoms with van der Waals surface area (Å²) in [7, 11) is 1.62. The first kappa shape index (κ1) is 16.3. The molecule has 2 aromatic rings. The van der Waals surface area contributed by atoms with Crippen LogP contribution in [0, 0.1) is 0 Å². The van der Waals surface area contributed by atoms with Crippen molar-refractivity contribution in [1.82, 2.24) is 4.90 Å². The van der Waals surface area contributed by atoms with Crippen LogP contribution in [0.4, 0.5) is 5.69 Å². The van der Waals surface area contributed by atoms with Gasteiger partial charge in [0.2, 0.25) is 5.91 Å². The predicted molar refractivity (Wildman–Crippen MR) is 93.2 cm³/mol. The first-order chi connectivity index (χ1) is 11.8. The molecular weight excluding hydrogens is 304 g/mol. The molecule has 0 unspecified atom stereocenters. The maximum absolute atomic E-state index is 12.7. The normalized spacial score (nSPS) is 17.4. The highest BCUT2D eigenvalue weighted by Crippen LogP contribution is 2.25. The van der Waals surface area contributed by atoms with Crippen molar-refractivity contribution in [2.45, 2.75) is 6.04 Å². The molecular formula is C19H22N2O3. The highest BCUT2D eigenvalue weighted by atomic mass is 16.5. The van der Waals surface area contributed by atoms with E-state index < -0.39 is 0 Å². The number of anilines is 1. The van der Waals surface area contributed by atoms with Crippen LogP contribution in [0.15, 0.2) is 54.6 Å². The Hall–Kier alpha value is -2.53. The van der Waals surface area contributed by atoms with Crippen molar-refractivity contribution in [2.24, 2.45) is 0 Å². The van der Waals surface area contributed by atoms with E-state index in [0.29, 0.717) is 19.8 Å². The van der Waals surface area contributed by atoms with Gasteiger partial charge in [-0.05, 0) is 17.7 Å². The number of morpholine rings is 1. The summed E-state index contributed by atoms with van der Waals surface area (Å²) in [5.74, 6) is 0.782. The van der Waals surface area contributed by atoms with Gasteiger partial charge < -0.3 is 19.7 Å². The first-order valence-corrected chi connectivity index (χ1v) is 8.08. The summed E-state index contributed by atoms with van der Waals surface area (Å²) in [5.41, 5.74) is 1.92. The lowest BCUT2D eigenvalue weighted by Gasteiger charge is -2.36. The molecule has 1 atom stereocenters. The van der Waals surface area contributed by atoms with Crippen molar-refractivity contribution in [3.8, 4) is 5.75 Å². The fourth-order valence-corrected chi connectivity index (χ4v) is 2.92. The standard InChI is InChI=1S/C19H22N2O3/c1-23-18-10-6-5-9-16(18)20-13-19(22)21-11-12-24-14-17(21)15-7-3-2-4-8-15/h2-10,17,20H,11-14H2,1H3/t17-/m1/s1. The summed E-state index contributed by atoms with van der Waals surface area (Å²) in [4.78, 5) is 14.6. The van der Waals surface area contributed by atoms with Crippen molar-refractivity contribution in [2.75, 3.05) is 38.7 Å². The third kappa shape index (κ3) is 3.68. The summed E-state index contributed by atoms with van der Waals surface area (Å²) in [5, 5.41) is 3.18. The number of methoxy groups -OCH3 is 1. The Bertz CT molecular complexity index is 675. The Kier molecular flexibility index (Phi) is 5.33. The maximum atomic E-state index is 12.7. The lowest BCUT2D eigenvalue weighted by atomic mass is 10.0. The average molecular weight is 326 g/mol. The van der Waals surface area contributed by atoms with Crippen LogP contribution in [0.25, 0.3) is 0 Å². The monoisotopic (exact) mass is 326 g/mol. The Morgan fingerprint density at radius 3 is 2.75 bits per heavy atom. The smallest absolute Gasteiger partial charge is 0.242 e. The summed E-state index contributed by atoms with van der Waals surface area (Å²) in [6.45, 7) is 1.93. The molecule has 2 aromatic carbocycles. The number of carbonyl (C=O) groups excluding carboxylic acids is 1. The third-order valence-corrected chi connectivity index (χ3v) is 4.17. The minimum atomic E-state index is -0.0353. The quantitative estimate of drug-likeness (QED) is 0.918. The number of nitrogens with zero attached hydrogens (tertiary/aromatic N) is 1. The lowest BCUT2D eigenvalue weighted by molar-refractivity contribution is -0.138. The topological polar surface area (TPSA) is 50.8 Å². The summed E-state index contributed by atoms with van der Waals surface area (Å²) >= 11 is 0. The molecule has 0 radical (unpaired) electrons. The van der Waals surface area contributed by atoms with E-state index in [9.17, 15) is 4.79 Å². The molecule has 0 aromatic heterocycles. The van der Waals surface area contributed by atoms with Gasteiger partial charge in [-0.1, -0.05) is 42.5 Å².